The highest BCUT2D eigenvalue weighted by molar-refractivity contribution is 7.19. The van der Waals surface area contributed by atoms with Crippen LogP contribution in [0.5, 0.6) is 0 Å². The first-order chi connectivity index (χ1) is 15.9. The van der Waals surface area contributed by atoms with Gasteiger partial charge in [-0.3, -0.25) is 9.78 Å². The number of nitrogens with zero attached hydrogens (tertiary/aromatic N) is 5. The normalized spacial score (nSPS) is 12.5. The highest BCUT2D eigenvalue weighted by Gasteiger charge is 2.30. The third-order valence-corrected chi connectivity index (χ3v) is 6.79. The van der Waals surface area contributed by atoms with Crippen LogP contribution in [0.3, 0.4) is 0 Å². The monoisotopic (exact) mass is 478 g/mol. The molecule has 0 bridgehead atoms. The summed E-state index contributed by atoms with van der Waals surface area (Å²) in [4.78, 5) is 23.7. The third-order valence-electron chi connectivity index (χ3n) is 5.46. The van der Waals surface area contributed by atoms with Crippen molar-refractivity contribution in [1.82, 2.24) is 24.6 Å². The Morgan fingerprint density at radius 1 is 1.27 bits per heavy atom. The molecule has 0 atom stereocenters. The maximum Gasteiger partial charge on any atom is 0.223 e. The Morgan fingerprint density at radius 2 is 2.12 bits per heavy atom. The number of hydrogen-bond acceptors (Lipinski definition) is 6. The number of aryl methyl sites for hydroxylation is 1. The van der Waals surface area contributed by atoms with E-state index in [1.54, 1.807) is 6.20 Å². The maximum absolute atomic E-state index is 11.6. The lowest BCUT2D eigenvalue weighted by molar-refractivity contribution is -0.114. The summed E-state index contributed by atoms with van der Waals surface area (Å²) in [5, 5.41) is 9.09. The van der Waals surface area contributed by atoms with Gasteiger partial charge in [-0.05, 0) is 56.8 Å². The number of hydrogen-bond donors (Lipinski definition) is 1. The standard InChI is InChI=1S/C24H23ClN6OS/c1-14(32)27-24-28-19-8-7-17-21(16-5-4-10-26-12-16)29-31(22(17)23(19)33-24)20-9-6-15(11-18(20)25)13-30(2)3/h4-6,9-12H,7-8,13H2,1-3H3,(H,27,28,32). The largest absolute Gasteiger partial charge is 0.305 e. The molecule has 1 aliphatic rings. The Hall–Kier alpha value is -3.07. The molecular formula is C24H23ClN6OS. The van der Waals surface area contributed by atoms with Crippen LogP contribution < -0.4 is 5.32 Å². The van der Waals surface area contributed by atoms with Crippen LogP contribution >= 0.6 is 22.9 Å². The topological polar surface area (TPSA) is 75.9 Å². The lowest BCUT2D eigenvalue weighted by Crippen LogP contribution is -2.11. The number of nitrogens with one attached hydrogen (secondary N) is 1. The number of carbonyl (C=O) groups is 1. The van der Waals surface area contributed by atoms with Crippen LogP contribution in [0.25, 0.3) is 27.5 Å². The average Bonchev–Trinajstić information content (AvgIpc) is 3.34. The summed E-state index contributed by atoms with van der Waals surface area (Å²) in [6.45, 7) is 2.29. The first-order valence-corrected chi connectivity index (χ1v) is 11.8. The van der Waals surface area contributed by atoms with Crippen LogP contribution in [0.4, 0.5) is 5.13 Å². The maximum atomic E-state index is 11.6. The van der Waals surface area contributed by atoms with E-state index in [1.807, 2.05) is 49.2 Å². The van der Waals surface area contributed by atoms with E-state index in [2.05, 4.69) is 26.3 Å². The fourth-order valence-electron chi connectivity index (χ4n) is 4.17. The van der Waals surface area contributed by atoms with Gasteiger partial charge in [-0.15, -0.1) is 0 Å². The molecular weight excluding hydrogens is 456 g/mol. The molecule has 7 nitrogen and oxygen atoms in total. The predicted molar refractivity (Wildman–Crippen MR) is 132 cm³/mol. The zero-order valence-corrected chi connectivity index (χ0v) is 20.2. The van der Waals surface area contributed by atoms with E-state index in [9.17, 15) is 4.79 Å². The van der Waals surface area contributed by atoms with Crippen molar-refractivity contribution in [3.8, 4) is 27.5 Å². The quantitative estimate of drug-likeness (QED) is 0.444. The molecule has 0 spiro atoms. The molecule has 0 saturated carbocycles. The van der Waals surface area contributed by atoms with Gasteiger partial charge in [0.05, 0.1) is 32.7 Å². The van der Waals surface area contributed by atoms with Crippen LogP contribution in [0, 0.1) is 0 Å². The molecule has 168 valence electrons. The second kappa shape index (κ2) is 8.70. The lowest BCUT2D eigenvalue weighted by atomic mass is 9.95. The van der Waals surface area contributed by atoms with Gasteiger partial charge in [0.1, 0.15) is 0 Å². The molecule has 0 aliphatic heterocycles. The summed E-state index contributed by atoms with van der Waals surface area (Å²) in [7, 11) is 4.06. The van der Waals surface area contributed by atoms with Crippen molar-refractivity contribution < 1.29 is 4.79 Å². The van der Waals surface area contributed by atoms with Crippen molar-refractivity contribution in [1.29, 1.82) is 0 Å². The van der Waals surface area contributed by atoms with E-state index in [0.29, 0.717) is 10.2 Å². The van der Waals surface area contributed by atoms with Gasteiger partial charge in [0, 0.05) is 37.0 Å². The van der Waals surface area contributed by atoms with Gasteiger partial charge in [-0.25, -0.2) is 9.67 Å². The number of rotatable bonds is 5. The van der Waals surface area contributed by atoms with Gasteiger partial charge < -0.3 is 10.2 Å². The van der Waals surface area contributed by atoms with Crippen LogP contribution in [0.1, 0.15) is 23.7 Å². The van der Waals surface area contributed by atoms with Crippen molar-refractivity contribution >= 4 is 34.0 Å². The Kier molecular flexibility index (Phi) is 5.74. The molecule has 33 heavy (non-hydrogen) atoms. The van der Waals surface area contributed by atoms with E-state index in [-0.39, 0.29) is 5.91 Å². The number of benzene rings is 1. The number of carbonyl (C=O) groups excluding carboxylic acids is 1. The molecule has 0 radical (unpaired) electrons. The van der Waals surface area contributed by atoms with Crippen molar-refractivity contribution in [3.63, 3.8) is 0 Å². The number of anilines is 1. The molecule has 0 saturated heterocycles. The van der Waals surface area contributed by atoms with Gasteiger partial charge in [0.15, 0.2) is 5.13 Å². The average molecular weight is 479 g/mol. The second-order valence-electron chi connectivity index (χ2n) is 8.33. The summed E-state index contributed by atoms with van der Waals surface area (Å²) in [6, 6.07) is 10.0. The van der Waals surface area contributed by atoms with Crippen LogP contribution in [-0.2, 0) is 24.2 Å². The molecule has 9 heteroatoms. The molecule has 0 unspecified atom stereocenters. The highest BCUT2D eigenvalue weighted by Crippen LogP contribution is 2.44. The molecule has 1 aliphatic carbocycles. The molecule has 1 N–H and O–H groups in total. The molecule has 1 aromatic carbocycles. The predicted octanol–water partition coefficient (Wildman–Crippen LogP) is 4.83. The number of amides is 1. The minimum absolute atomic E-state index is 0.134. The van der Waals surface area contributed by atoms with E-state index in [1.165, 1.54) is 18.3 Å². The smallest absolute Gasteiger partial charge is 0.223 e. The summed E-state index contributed by atoms with van der Waals surface area (Å²) >= 11 is 8.26. The van der Waals surface area contributed by atoms with Crippen LogP contribution in [0.15, 0.2) is 42.7 Å². The van der Waals surface area contributed by atoms with Crippen LogP contribution in [0.2, 0.25) is 5.02 Å². The molecule has 1 amide bonds. The van der Waals surface area contributed by atoms with Crippen molar-refractivity contribution in [3.05, 3.63) is 64.6 Å². The molecule has 3 aromatic heterocycles. The Morgan fingerprint density at radius 3 is 2.82 bits per heavy atom. The number of halogens is 1. The first-order valence-electron chi connectivity index (χ1n) is 10.6. The molecule has 5 rings (SSSR count). The van der Waals surface area contributed by atoms with Crippen LogP contribution in [-0.4, -0.2) is 44.7 Å². The third kappa shape index (κ3) is 4.17. The van der Waals surface area contributed by atoms with E-state index in [4.69, 9.17) is 16.7 Å². The van der Waals surface area contributed by atoms with Crippen molar-refractivity contribution in [2.24, 2.45) is 0 Å². The minimum Gasteiger partial charge on any atom is -0.305 e. The number of fused-ring (bicyclic) bond motifs is 3. The number of aromatic nitrogens is 4. The summed E-state index contributed by atoms with van der Waals surface area (Å²) in [5.41, 5.74) is 6.89. The van der Waals surface area contributed by atoms with Gasteiger partial charge in [0.2, 0.25) is 5.91 Å². The zero-order chi connectivity index (χ0) is 23.1. The van der Waals surface area contributed by atoms with E-state index >= 15 is 0 Å². The van der Waals surface area contributed by atoms with E-state index in [0.717, 1.165) is 63.7 Å². The van der Waals surface area contributed by atoms with Gasteiger partial charge in [-0.1, -0.05) is 29.0 Å². The van der Waals surface area contributed by atoms with Crippen molar-refractivity contribution in [2.75, 3.05) is 19.4 Å². The minimum atomic E-state index is -0.134. The SMILES string of the molecule is CC(=O)Nc1nc2c(s1)-c1c(c(-c3cccnc3)nn1-c1ccc(CN(C)C)cc1Cl)CC2. The highest BCUT2D eigenvalue weighted by atomic mass is 35.5. The van der Waals surface area contributed by atoms with Gasteiger partial charge in [-0.2, -0.15) is 5.10 Å². The summed E-state index contributed by atoms with van der Waals surface area (Å²) in [5.74, 6) is -0.134. The van der Waals surface area contributed by atoms with Gasteiger partial charge in [0.25, 0.3) is 0 Å². The zero-order valence-electron chi connectivity index (χ0n) is 18.6. The fraction of sp³-hybridized carbons (Fsp3) is 0.250. The molecule has 0 fully saturated rings. The molecule has 4 aromatic rings. The second-order valence-corrected chi connectivity index (χ2v) is 9.74. The Balaban J connectivity index is 1.70. The van der Waals surface area contributed by atoms with Crippen molar-refractivity contribution in [2.45, 2.75) is 26.3 Å². The lowest BCUT2D eigenvalue weighted by Gasteiger charge is -2.16. The first kappa shape index (κ1) is 21.8. The Bertz CT molecular complexity index is 1340. The summed E-state index contributed by atoms with van der Waals surface area (Å²) in [6.07, 6.45) is 5.17. The summed E-state index contributed by atoms with van der Waals surface area (Å²) < 4.78 is 1.92. The Labute approximate surface area is 201 Å². The number of thiazole rings is 1. The molecule has 3 heterocycles. The number of pyridine rings is 1. The van der Waals surface area contributed by atoms with Gasteiger partial charge >= 0.3 is 0 Å². The fourth-order valence-corrected chi connectivity index (χ4v) is 5.57. The van der Waals surface area contributed by atoms with E-state index < -0.39 is 0 Å².